The fourth-order valence-corrected chi connectivity index (χ4v) is 3.82. The highest BCUT2D eigenvalue weighted by Crippen LogP contribution is 2.34. The summed E-state index contributed by atoms with van der Waals surface area (Å²) in [6, 6.07) is 4.05. The number of rotatable bonds is 5. The number of carbonyl (C=O) groups is 2. The van der Waals surface area contributed by atoms with Gasteiger partial charge in [0.1, 0.15) is 11.4 Å². The van der Waals surface area contributed by atoms with E-state index >= 15 is 0 Å². The minimum Gasteiger partial charge on any atom is -0.466 e. The third-order valence-electron chi connectivity index (χ3n) is 4.91. The van der Waals surface area contributed by atoms with E-state index in [1.165, 1.54) is 18.2 Å². The molecule has 0 spiro atoms. The van der Waals surface area contributed by atoms with Gasteiger partial charge in [0.05, 0.1) is 28.8 Å². The molecule has 1 amide bonds. The van der Waals surface area contributed by atoms with Gasteiger partial charge in [-0.05, 0) is 45.2 Å². The van der Waals surface area contributed by atoms with Gasteiger partial charge in [-0.25, -0.2) is 4.39 Å². The van der Waals surface area contributed by atoms with Crippen LogP contribution in [0.1, 0.15) is 48.7 Å². The molecule has 1 aromatic heterocycles. The molecular weight excluding hydrogens is 387 g/mol. The molecule has 2 atom stereocenters. The van der Waals surface area contributed by atoms with Crippen LogP contribution in [-0.4, -0.2) is 29.7 Å². The van der Waals surface area contributed by atoms with E-state index in [9.17, 15) is 14.0 Å². The number of hydrogen-bond acceptors (Lipinski definition) is 5. The number of hydrogen-bond donors (Lipinski definition) is 1. The van der Waals surface area contributed by atoms with Crippen molar-refractivity contribution >= 4 is 23.5 Å². The molecule has 8 heteroatoms. The first kappa shape index (κ1) is 20.3. The minimum absolute atomic E-state index is 0.00274. The van der Waals surface area contributed by atoms with Crippen LogP contribution in [0.15, 0.2) is 22.7 Å². The maximum atomic E-state index is 14.3. The SMILES string of the molecule is CCOC(=O)[C@@H]1CCC[C@H](NC(=O)c2c(C)noc2-c2c(F)cccc2Cl)C1. The molecule has 1 aliphatic rings. The van der Waals surface area contributed by atoms with Crippen LogP contribution in [0.2, 0.25) is 5.02 Å². The highest BCUT2D eigenvalue weighted by atomic mass is 35.5. The number of nitrogens with one attached hydrogen (secondary N) is 1. The summed E-state index contributed by atoms with van der Waals surface area (Å²) >= 11 is 6.11. The number of carbonyl (C=O) groups excluding carboxylic acids is 2. The molecule has 1 aliphatic carbocycles. The number of halogens is 2. The zero-order chi connectivity index (χ0) is 20.3. The van der Waals surface area contributed by atoms with Gasteiger partial charge in [-0.1, -0.05) is 29.2 Å². The first-order valence-electron chi connectivity index (χ1n) is 9.30. The van der Waals surface area contributed by atoms with Crippen LogP contribution in [0.4, 0.5) is 4.39 Å². The Bertz CT molecular complexity index is 863. The number of nitrogens with zero attached hydrogens (tertiary/aromatic N) is 1. The van der Waals surface area contributed by atoms with Gasteiger partial charge in [0.25, 0.3) is 5.91 Å². The summed E-state index contributed by atoms with van der Waals surface area (Å²) in [6.07, 6.45) is 2.81. The minimum atomic E-state index is -0.599. The maximum Gasteiger partial charge on any atom is 0.308 e. The van der Waals surface area contributed by atoms with Crippen molar-refractivity contribution in [3.8, 4) is 11.3 Å². The van der Waals surface area contributed by atoms with Crippen LogP contribution < -0.4 is 5.32 Å². The molecule has 150 valence electrons. The van der Waals surface area contributed by atoms with Gasteiger partial charge >= 0.3 is 5.97 Å². The first-order chi connectivity index (χ1) is 13.4. The molecule has 0 unspecified atom stereocenters. The van der Waals surface area contributed by atoms with Gasteiger partial charge in [0.15, 0.2) is 5.76 Å². The van der Waals surface area contributed by atoms with Crippen LogP contribution in [-0.2, 0) is 9.53 Å². The molecule has 0 saturated heterocycles. The topological polar surface area (TPSA) is 81.4 Å². The summed E-state index contributed by atoms with van der Waals surface area (Å²) in [6.45, 7) is 3.71. The summed E-state index contributed by atoms with van der Waals surface area (Å²) in [4.78, 5) is 24.9. The van der Waals surface area contributed by atoms with Gasteiger partial charge in [-0.15, -0.1) is 0 Å². The highest BCUT2D eigenvalue weighted by Gasteiger charge is 2.31. The lowest BCUT2D eigenvalue weighted by Gasteiger charge is -2.28. The summed E-state index contributed by atoms with van der Waals surface area (Å²) in [5.74, 6) is -1.50. The lowest BCUT2D eigenvalue weighted by Crippen LogP contribution is -2.40. The largest absolute Gasteiger partial charge is 0.466 e. The molecule has 1 saturated carbocycles. The van der Waals surface area contributed by atoms with Crippen molar-refractivity contribution < 1.29 is 23.2 Å². The zero-order valence-corrected chi connectivity index (χ0v) is 16.5. The number of ether oxygens (including phenoxy) is 1. The lowest BCUT2D eigenvalue weighted by atomic mass is 9.85. The standard InChI is InChI=1S/C20H22ClFN2O4/c1-3-27-20(26)12-6-4-7-13(10-12)23-19(25)16-11(2)24-28-18(16)17-14(21)8-5-9-15(17)22/h5,8-9,12-13H,3-4,6-7,10H2,1-2H3,(H,23,25)/t12-,13+/m1/s1. The van der Waals surface area contributed by atoms with Crippen LogP contribution in [0.25, 0.3) is 11.3 Å². The molecule has 2 aromatic rings. The Hall–Kier alpha value is -2.41. The van der Waals surface area contributed by atoms with Gasteiger partial charge in [-0.2, -0.15) is 0 Å². The summed E-state index contributed by atoms with van der Waals surface area (Å²) in [5, 5.41) is 6.88. The summed E-state index contributed by atoms with van der Waals surface area (Å²) in [5.41, 5.74) is 0.484. The van der Waals surface area contributed by atoms with E-state index in [4.69, 9.17) is 20.9 Å². The number of amides is 1. The van der Waals surface area contributed by atoms with Crippen LogP contribution in [0, 0.1) is 18.7 Å². The highest BCUT2D eigenvalue weighted by molar-refractivity contribution is 6.33. The smallest absolute Gasteiger partial charge is 0.308 e. The van der Waals surface area contributed by atoms with Gasteiger partial charge in [0, 0.05) is 6.04 Å². The predicted octanol–water partition coefficient (Wildman–Crippen LogP) is 4.29. The molecule has 1 N–H and O–H groups in total. The van der Waals surface area contributed by atoms with Crippen molar-refractivity contribution in [2.75, 3.05) is 6.61 Å². The van der Waals surface area contributed by atoms with Gasteiger partial charge < -0.3 is 14.6 Å². The average Bonchev–Trinajstić information content (AvgIpc) is 3.03. The van der Waals surface area contributed by atoms with Crippen LogP contribution in [0.3, 0.4) is 0 Å². The Morgan fingerprint density at radius 1 is 1.39 bits per heavy atom. The number of aromatic nitrogens is 1. The molecule has 0 bridgehead atoms. The Balaban J connectivity index is 1.80. The van der Waals surface area contributed by atoms with Gasteiger partial charge in [-0.3, -0.25) is 9.59 Å². The molecule has 1 fully saturated rings. The van der Waals surface area contributed by atoms with E-state index < -0.39 is 11.7 Å². The van der Waals surface area contributed by atoms with Crippen molar-refractivity contribution in [1.82, 2.24) is 10.5 Å². The van der Waals surface area contributed by atoms with E-state index in [0.29, 0.717) is 18.7 Å². The second kappa shape index (κ2) is 8.73. The van der Waals surface area contributed by atoms with Gasteiger partial charge in [0.2, 0.25) is 0 Å². The second-order valence-electron chi connectivity index (χ2n) is 6.85. The van der Waals surface area contributed by atoms with Crippen molar-refractivity contribution in [3.63, 3.8) is 0 Å². The van der Waals surface area contributed by atoms with E-state index in [0.717, 1.165) is 19.3 Å². The summed E-state index contributed by atoms with van der Waals surface area (Å²) in [7, 11) is 0. The third-order valence-corrected chi connectivity index (χ3v) is 5.22. The molecule has 0 radical (unpaired) electrons. The molecule has 6 nitrogen and oxygen atoms in total. The molecule has 28 heavy (non-hydrogen) atoms. The van der Waals surface area contributed by atoms with E-state index in [-0.39, 0.29) is 39.8 Å². The lowest BCUT2D eigenvalue weighted by molar-refractivity contribution is -0.149. The normalized spacial score (nSPS) is 19.3. The molecule has 1 aromatic carbocycles. The maximum absolute atomic E-state index is 14.3. The van der Waals surface area contributed by atoms with Crippen LogP contribution >= 0.6 is 11.6 Å². The van der Waals surface area contributed by atoms with Crippen molar-refractivity contribution in [2.45, 2.75) is 45.6 Å². The van der Waals surface area contributed by atoms with Crippen LogP contribution in [0.5, 0.6) is 0 Å². The Morgan fingerprint density at radius 2 is 2.18 bits per heavy atom. The second-order valence-corrected chi connectivity index (χ2v) is 7.26. The fraction of sp³-hybridized carbons (Fsp3) is 0.450. The quantitative estimate of drug-likeness (QED) is 0.746. The predicted molar refractivity (Wildman–Crippen MR) is 101 cm³/mol. The first-order valence-corrected chi connectivity index (χ1v) is 9.68. The molecule has 0 aliphatic heterocycles. The number of esters is 1. The van der Waals surface area contributed by atoms with E-state index in [2.05, 4.69) is 10.5 Å². The van der Waals surface area contributed by atoms with Crippen molar-refractivity contribution in [2.24, 2.45) is 5.92 Å². The average molecular weight is 409 g/mol. The Labute approximate surface area is 167 Å². The molecule has 1 heterocycles. The summed E-state index contributed by atoms with van der Waals surface area (Å²) < 4.78 is 24.6. The number of benzene rings is 1. The fourth-order valence-electron chi connectivity index (χ4n) is 3.58. The van der Waals surface area contributed by atoms with E-state index in [1.54, 1.807) is 13.8 Å². The monoisotopic (exact) mass is 408 g/mol. The number of aryl methyl sites for hydroxylation is 1. The van der Waals surface area contributed by atoms with Crippen molar-refractivity contribution in [1.29, 1.82) is 0 Å². The Morgan fingerprint density at radius 3 is 2.89 bits per heavy atom. The molecule has 3 rings (SSSR count). The third kappa shape index (κ3) is 4.19. The molecular formula is C20H22ClFN2O4. The van der Waals surface area contributed by atoms with Crippen molar-refractivity contribution in [3.05, 3.63) is 40.3 Å². The Kier molecular flexibility index (Phi) is 6.34. The van der Waals surface area contributed by atoms with E-state index in [1.807, 2.05) is 0 Å². The zero-order valence-electron chi connectivity index (χ0n) is 15.8.